The Hall–Kier alpha value is -0.860. The molecule has 0 bridgehead atoms. The number of hydrogen-bond acceptors (Lipinski definition) is 2. The minimum absolute atomic E-state index is 0.355. The van der Waals surface area contributed by atoms with Gasteiger partial charge in [0.2, 0.25) is 0 Å². The third-order valence-electron chi connectivity index (χ3n) is 2.47. The van der Waals surface area contributed by atoms with E-state index in [-0.39, 0.29) is 5.60 Å². The van der Waals surface area contributed by atoms with Gasteiger partial charge in [0.15, 0.2) is 0 Å². The van der Waals surface area contributed by atoms with Gasteiger partial charge in [-0.05, 0) is 19.4 Å². The lowest BCUT2D eigenvalue weighted by Gasteiger charge is -2.27. The number of benzene rings is 1. The van der Waals surface area contributed by atoms with Crippen LogP contribution in [0.3, 0.4) is 0 Å². The third kappa shape index (κ3) is 2.08. The summed E-state index contributed by atoms with van der Waals surface area (Å²) in [5, 5.41) is 0. The monoisotopic (exact) mass is 179 g/mol. The molecule has 2 N–H and O–H groups in total. The van der Waals surface area contributed by atoms with Gasteiger partial charge in [-0.15, -0.1) is 0 Å². The molecule has 72 valence electrons. The van der Waals surface area contributed by atoms with Crippen molar-refractivity contribution in [3.8, 4) is 0 Å². The van der Waals surface area contributed by atoms with E-state index in [2.05, 4.69) is 19.1 Å². The minimum Gasteiger partial charge on any atom is -0.372 e. The summed E-state index contributed by atoms with van der Waals surface area (Å²) >= 11 is 0. The molecule has 0 radical (unpaired) electrons. The summed E-state index contributed by atoms with van der Waals surface area (Å²) in [6.07, 6.45) is 0. The molecule has 1 unspecified atom stereocenters. The van der Waals surface area contributed by atoms with E-state index in [1.165, 1.54) is 5.56 Å². The van der Waals surface area contributed by atoms with Crippen LogP contribution in [0.25, 0.3) is 0 Å². The lowest BCUT2D eigenvalue weighted by atomic mass is 9.94. The van der Waals surface area contributed by atoms with Crippen LogP contribution in [0, 0.1) is 6.92 Å². The molecule has 0 aliphatic rings. The third-order valence-corrected chi connectivity index (χ3v) is 2.47. The lowest BCUT2D eigenvalue weighted by molar-refractivity contribution is 0.0100. The first-order valence-electron chi connectivity index (χ1n) is 4.45. The second-order valence-electron chi connectivity index (χ2n) is 3.51. The van der Waals surface area contributed by atoms with Gasteiger partial charge in [0.25, 0.3) is 0 Å². The molecule has 0 saturated carbocycles. The van der Waals surface area contributed by atoms with Crippen molar-refractivity contribution in [2.24, 2.45) is 5.73 Å². The Morgan fingerprint density at radius 2 is 2.15 bits per heavy atom. The van der Waals surface area contributed by atoms with Crippen LogP contribution in [0.15, 0.2) is 24.3 Å². The molecule has 2 nitrogen and oxygen atoms in total. The summed E-state index contributed by atoms with van der Waals surface area (Å²) in [6, 6.07) is 8.24. The maximum atomic E-state index is 5.67. The van der Waals surface area contributed by atoms with Gasteiger partial charge in [-0.2, -0.15) is 0 Å². The molecule has 0 aliphatic heterocycles. The smallest absolute Gasteiger partial charge is 0.102 e. The molecule has 0 amide bonds. The Morgan fingerprint density at radius 1 is 1.46 bits per heavy atom. The van der Waals surface area contributed by atoms with E-state index in [0.29, 0.717) is 6.54 Å². The quantitative estimate of drug-likeness (QED) is 0.768. The summed E-state index contributed by atoms with van der Waals surface area (Å²) in [4.78, 5) is 0. The maximum Gasteiger partial charge on any atom is 0.102 e. The molecule has 0 spiro atoms. The highest BCUT2D eigenvalue weighted by Crippen LogP contribution is 2.23. The van der Waals surface area contributed by atoms with Gasteiger partial charge in [-0.1, -0.05) is 29.8 Å². The Morgan fingerprint density at radius 3 is 2.62 bits per heavy atom. The first-order chi connectivity index (χ1) is 6.12. The predicted molar refractivity (Wildman–Crippen MR) is 54.6 cm³/mol. The summed E-state index contributed by atoms with van der Waals surface area (Å²) in [5.74, 6) is 0. The van der Waals surface area contributed by atoms with Gasteiger partial charge in [0.1, 0.15) is 5.60 Å². The van der Waals surface area contributed by atoms with Crippen LogP contribution in [0.5, 0.6) is 0 Å². The highest BCUT2D eigenvalue weighted by Gasteiger charge is 2.23. The number of rotatable bonds is 3. The largest absolute Gasteiger partial charge is 0.372 e. The number of ether oxygens (including phenoxy) is 1. The van der Waals surface area contributed by atoms with Crippen LogP contribution in [0.2, 0.25) is 0 Å². The fraction of sp³-hybridized carbons (Fsp3) is 0.455. The van der Waals surface area contributed by atoms with Crippen molar-refractivity contribution >= 4 is 0 Å². The van der Waals surface area contributed by atoms with E-state index < -0.39 is 0 Å². The summed E-state index contributed by atoms with van der Waals surface area (Å²) < 4.78 is 5.40. The first-order valence-corrected chi connectivity index (χ1v) is 4.45. The van der Waals surface area contributed by atoms with Crippen LogP contribution >= 0.6 is 0 Å². The zero-order valence-corrected chi connectivity index (χ0v) is 8.50. The molecule has 13 heavy (non-hydrogen) atoms. The molecule has 0 saturated heterocycles. The highest BCUT2D eigenvalue weighted by molar-refractivity contribution is 5.27. The van der Waals surface area contributed by atoms with E-state index in [1.54, 1.807) is 7.11 Å². The van der Waals surface area contributed by atoms with E-state index in [4.69, 9.17) is 10.5 Å². The van der Waals surface area contributed by atoms with E-state index in [1.807, 2.05) is 19.1 Å². The molecule has 1 aromatic rings. The zero-order chi connectivity index (χ0) is 9.90. The molecule has 1 aromatic carbocycles. The summed E-state index contributed by atoms with van der Waals surface area (Å²) in [7, 11) is 1.69. The van der Waals surface area contributed by atoms with Gasteiger partial charge in [-0.25, -0.2) is 0 Å². The molecule has 0 heterocycles. The van der Waals surface area contributed by atoms with Crippen molar-refractivity contribution in [1.82, 2.24) is 0 Å². The highest BCUT2D eigenvalue weighted by atomic mass is 16.5. The van der Waals surface area contributed by atoms with Crippen LogP contribution in [0.1, 0.15) is 18.1 Å². The number of aryl methyl sites for hydroxylation is 1. The van der Waals surface area contributed by atoms with Crippen LogP contribution in [-0.4, -0.2) is 13.7 Å². The van der Waals surface area contributed by atoms with Gasteiger partial charge in [-0.3, -0.25) is 0 Å². The van der Waals surface area contributed by atoms with E-state index in [9.17, 15) is 0 Å². The topological polar surface area (TPSA) is 35.2 Å². The van der Waals surface area contributed by atoms with Crippen molar-refractivity contribution in [2.45, 2.75) is 19.4 Å². The summed E-state index contributed by atoms with van der Waals surface area (Å²) in [5.41, 5.74) is 7.69. The molecule has 0 fully saturated rings. The average Bonchev–Trinajstić information content (AvgIpc) is 2.17. The second kappa shape index (κ2) is 3.90. The van der Waals surface area contributed by atoms with Gasteiger partial charge in [0.05, 0.1) is 0 Å². The number of methoxy groups -OCH3 is 1. The first kappa shape index (κ1) is 10.2. The normalized spacial score (nSPS) is 15.4. The number of hydrogen-bond donors (Lipinski definition) is 1. The molecule has 0 aromatic heterocycles. The zero-order valence-electron chi connectivity index (χ0n) is 8.50. The van der Waals surface area contributed by atoms with Gasteiger partial charge in [0, 0.05) is 13.7 Å². The lowest BCUT2D eigenvalue weighted by Crippen LogP contribution is -2.33. The maximum absolute atomic E-state index is 5.67. The molecule has 1 rings (SSSR count). The Kier molecular flexibility index (Phi) is 3.07. The van der Waals surface area contributed by atoms with E-state index in [0.717, 1.165) is 5.56 Å². The van der Waals surface area contributed by atoms with Crippen LogP contribution in [-0.2, 0) is 10.3 Å². The Labute approximate surface area is 79.7 Å². The average molecular weight is 179 g/mol. The van der Waals surface area contributed by atoms with Gasteiger partial charge >= 0.3 is 0 Å². The van der Waals surface area contributed by atoms with Crippen molar-refractivity contribution < 1.29 is 4.74 Å². The van der Waals surface area contributed by atoms with E-state index >= 15 is 0 Å². The van der Waals surface area contributed by atoms with Crippen molar-refractivity contribution in [3.63, 3.8) is 0 Å². The second-order valence-corrected chi connectivity index (χ2v) is 3.51. The fourth-order valence-electron chi connectivity index (χ4n) is 1.29. The van der Waals surface area contributed by atoms with Gasteiger partial charge < -0.3 is 10.5 Å². The number of nitrogens with two attached hydrogens (primary N) is 1. The van der Waals surface area contributed by atoms with Crippen LogP contribution < -0.4 is 5.73 Å². The molecule has 1 atom stereocenters. The molecular formula is C11H17NO. The molecule has 0 aliphatic carbocycles. The standard InChI is InChI=1S/C11H17NO/c1-9-5-4-6-10(7-9)11(2,8-12)13-3/h4-7H,8,12H2,1-3H3. The summed E-state index contributed by atoms with van der Waals surface area (Å²) in [6.45, 7) is 4.56. The van der Waals surface area contributed by atoms with Crippen molar-refractivity contribution in [2.75, 3.05) is 13.7 Å². The van der Waals surface area contributed by atoms with Crippen molar-refractivity contribution in [1.29, 1.82) is 0 Å². The minimum atomic E-state index is -0.355. The predicted octanol–water partition coefficient (Wildman–Crippen LogP) is 1.82. The Balaban J connectivity index is 3.05. The fourth-order valence-corrected chi connectivity index (χ4v) is 1.29. The molecular weight excluding hydrogens is 162 g/mol. The van der Waals surface area contributed by atoms with Crippen molar-refractivity contribution in [3.05, 3.63) is 35.4 Å². The molecule has 2 heteroatoms. The SMILES string of the molecule is COC(C)(CN)c1cccc(C)c1. The Bertz CT molecular complexity index is 279. The van der Waals surface area contributed by atoms with Crippen LogP contribution in [0.4, 0.5) is 0 Å².